The van der Waals surface area contributed by atoms with E-state index in [9.17, 15) is 0 Å². The molecule has 74 valence electrons. The largest absolute Gasteiger partial charge is 0.103 e. The van der Waals surface area contributed by atoms with Crippen molar-refractivity contribution in [2.45, 2.75) is 18.6 Å². The molecule has 0 unspecified atom stereocenters. The van der Waals surface area contributed by atoms with E-state index in [2.05, 4.69) is 50.0 Å². The summed E-state index contributed by atoms with van der Waals surface area (Å²) in [6, 6.07) is 13.0. The zero-order valence-electron chi connectivity index (χ0n) is 8.87. The van der Waals surface area contributed by atoms with E-state index in [1.807, 2.05) is 12.2 Å². The van der Waals surface area contributed by atoms with Crippen LogP contribution in [-0.2, 0) is 0 Å². The maximum atomic E-state index is 3.85. The van der Waals surface area contributed by atoms with Crippen molar-refractivity contribution < 1.29 is 0 Å². The Labute approximate surface area is 88.0 Å². The minimum absolute atomic E-state index is 1.13. The van der Waals surface area contributed by atoms with E-state index in [1.165, 1.54) is 5.19 Å². The zero-order chi connectivity index (χ0) is 10.4. The van der Waals surface area contributed by atoms with Crippen LogP contribution in [0.15, 0.2) is 55.6 Å². The third-order valence-electron chi connectivity index (χ3n) is 2.66. The molecule has 1 aromatic rings. The Morgan fingerprint density at radius 2 is 1.57 bits per heavy atom. The molecule has 0 fully saturated rings. The lowest BCUT2D eigenvalue weighted by Gasteiger charge is -2.25. The molecule has 1 aromatic carbocycles. The van der Waals surface area contributed by atoms with Crippen LogP contribution < -0.4 is 5.19 Å². The van der Waals surface area contributed by atoms with E-state index >= 15 is 0 Å². The number of benzene rings is 1. The molecule has 0 bridgehead atoms. The van der Waals surface area contributed by atoms with Crippen LogP contribution in [-0.4, -0.2) is 8.07 Å². The molecule has 1 heteroatoms. The third kappa shape index (κ3) is 2.45. The van der Waals surface area contributed by atoms with Crippen LogP contribution in [0, 0.1) is 0 Å². The normalized spacial score (nSPS) is 10.9. The predicted octanol–water partition coefficient (Wildman–Crippen LogP) is 3.34. The van der Waals surface area contributed by atoms with Crippen LogP contribution in [0.4, 0.5) is 0 Å². The van der Waals surface area contributed by atoms with Gasteiger partial charge in [-0.2, -0.15) is 0 Å². The van der Waals surface area contributed by atoms with Crippen LogP contribution in [0.3, 0.4) is 0 Å². The number of hydrogen-bond acceptors (Lipinski definition) is 0. The summed E-state index contributed by atoms with van der Waals surface area (Å²) in [5.41, 5.74) is 0. The summed E-state index contributed by atoms with van der Waals surface area (Å²) in [4.78, 5) is 0. The van der Waals surface area contributed by atoms with Crippen molar-refractivity contribution in [1.29, 1.82) is 0 Å². The Morgan fingerprint density at radius 3 is 2.00 bits per heavy atom. The molecule has 0 aliphatic rings. The first-order valence-electron chi connectivity index (χ1n) is 5.00. The second-order valence-electron chi connectivity index (χ2n) is 3.91. The molecule has 0 radical (unpaired) electrons. The minimum Gasteiger partial charge on any atom is -0.103 e. The summed E-state index contributed by atoms with van der Waals surface area (Å²) in [7, 11) is -1.36. The number of rotatable bonds is 5. The van der Waals surface area contributed by atoms with Crippen LogP contribution >= 0.6 is 0 Å². The molecule has 0 aromatic heterocycles. The first kappa shape index (κ1) is 11.0. The topological polar surface area (TPSA) is 0 Å². The van der Waals surface area contributed by atoms with Gasteiger partial charge in [0, 0.05) is 0 Å². The summed E-state index contributed by atoms with van der Waals surface area (Å²) in [6.45, 7) is 10.1. The fourth-order valence-corrected chi connectivity index (χ4v) is 4.71. The van der Waals surface area contributed by atoms with E-state index in [0.717, 1.165) is 12.1 Å². The Kier molecular flexibility index (Phi) is 3.90. The fourth-order valence-electron chi connectivity index (χ4n) is 1.80. The van der Waals surface area contributed by atoms with Crippen molar-refractivity contribution in [2.24, 2.45) is 0 Å². The van der Waals surface area contributed by atoms with Crippen molar-refractivity contribution in [2.75, 3.05) is 0 Å². The fraction of sp³-hybridized carbons (Fsp3) is 0.231. The van der Waals surface area contributed by atoms with Crippen LogP contribution in [0.25, 0.3) is 0 Å². The van der Waals surface area contributed by atoms with E-state index in [1.54, 1.807) is 0 Å². The van der Waals surface area contributed by atoms with Crippen molar-refractivity contribution in [3.63, 3.8) is 0 Å². The molecule has 0 heterocycles. The van der Waals surface area contributed by atoms with Gasteiger partial charge in [-0.3, -0.25) is 0 Å². The molecule has 0 spiro atoms. The highest BCUT2D eigenvalue weighted by molar-refractivity contribution is 6.91. The van der Waals surface area contributed by atoms with Gasteiger partial charge >= 0.3 is 0 Å². The predicted molar refractivity (Wildman–Crippen MR) is 67.7 cm³/mol. The molecular formula is C13H18Si. The lowest BCUT2D eigenvalue weighted by molar-refractivity contribution is 1.45. The SMILES string of the molecule is C=CC[Si](C)(CC=C)c1ccccc1. The van der Waals surface area contributed by atoms with E-state index in [0.29, 0.717) is 0 Å². The van der Waals surface area contributed by atoms with Gasteiger partial charge < -0.3 is 0 Å². The van der Waals surface area contributed by atoms with Crippen LogP contribution in [0.2, 0.25) is 18.6 Å². The van der Waals surface area contributed by atoms with E-state index in [-0.39, 0.29) is 0 Å². The summed E-state index contributed by atoms with van der Waals surface area (Å²) in [6.07, 6.45) is 4.09. The minimum atomic E-state index is -1.36. The monoisotopic (exact) mass is 202 g/mol. The van der Waals surface area contributed by atoms with Gasteiger partial charge in [0.25, 0.3) is 0 Å². The van der Waals surface area contributed by atoms with Crippen molar-refractivity contribution in [1.82, 2.24) is 0 Å². The highest BCUT2D eigenvalue weighted by atomic mass is 28.3. The molecular weight excluding hydrogens is 184 g/mol. The van der Waals surface area contributed by atoms with Gasteiger partial charge in [-0.05, 0) is 12.1 Å². The molecule has 14 heavy (non-hydrogen) atoms. The zero-order valence-corrected chi connectivity index (χ0v) is 9.87. The van der Waals surface area contributed by atoms with Gasteiger partial charge in [-0.1, -0.05) is 54.2 Å². The Hall–Kier alpha value is -1.08. The highest BCUT2D eigenvalue weighted by Crippen LogP contribution is 2.16. The molecule has 0 aliphatic heterocycles. The molecule has 0 amide bonds. The lowest BCUT2D eigenvalue weighted by atomic mass is 10.4. The van der Waals surface area contributed by atoms with Gasteiger partial charge in [0.1, 0.15) is 0 Å². The highest BCUT2D eigenvalue weighted by Gasteiger charge is 2.25. The van der Waals surface area contributed by atoms with Gasteiger partial charge in [0.2, 0.25) is 0 Å². The van der Waals surface area contributed by atoms with Crippen molar-refractivity contribution in [3.8, 4) is 0 Å². The smallest absolute Gasteiger partial charge is 0.0910 e. The molecule has 0 N–H and O–H groups in total. The quantitative estimate of drug-likeness (QED) is 0.507. The maximum absolute atomic E-state index is 3.85. The van der Waals surface area contributed by atoms with E-state index < -0.39 is 8.07 Å². The molecule has 0 saturated carbocycles. The lowest BCUT2D eigenvalue weighted by Crippen LogP contribution is -2.43. The maximum Gasteiger partial charge on any atom is 0.0910 e. The van der Waals surface area contributed by atoms with E-state index in [4.69, 9.17) is 0 Å². The van der Waals surface area contributed by atoms with Gasteiger partial charge in [0.05, 0.1) is 8.07 Å². The second kappa shape index (κ2) is 4.96. The van der Waals surface area contributed by atoms with Gasteiger partial charge in [-0.25, -0.2) is 0 Å². The molecule has 0 atom stereocenters. The van der Waals surface area contributed by atoms with Gasteiger partial charge in [-0.15, -0.1) is 13.2 Å². The molecule has 1 rings (SSSR count). The summed E-state index contributed by atoms with van der Waals surface area (Å²) >= 11 is 0. The average molecular weight is 202 g/mol. The number of allylic oxidation sites excluding steroid dienone is 2. The van der Waals surface area contributed by atoms with Gasteiger partial charge in [0.15, 0.2) is 0 Å². The van der Waals surface area contributed by atoms with Crippen molar-refractivity contribution >= 4 is 13.3 Å². The first-order chi connectivity index (χ1) is 6.73. The average Bonchev–Trinajstić information content (AvgIpc) is 2.20. The standard InChI is InChI=1S/C13H18Si/c1-4-11-14(3,12-5-2)13-9-7-6-8-10-13/h4-10H,1-2,11-12H2,3H3. The molecule has 0 aliphatic carbocycles. The van der Waals surface area contributed by atoms with Crippen LogP contribution in [0.5, 0.6) is 0 Å². The summed E-state index contributed by atoms with van der Waals surface area (Å²) < 4.78 is 0. The third-order valence-corrected chi connectivity index (χ3v) is 6.77. The molecule has 0 saturated heterocycles. The second-order valence-corrected chi connectivity index (χ2v) is 8.43. The van der Waals surface area contributed by atoms with Crippen LogP contribution in [0.1, 0.15) is 0 Å². The number of hydrogen-bond donors (Lipinski definition) is 0. The first-order valence-corrected chi connectivity index (χ1v) is 7.91. The summed E-state index contributed by atoms with van der Waals surface area (Å²) in [5.74, 6) is 0. The Bertz CT molecular complexity index is 290. The Balaban J connectivity index is 2.98. The Morgan fingerprint density at radius 1 is 1.07 bits per heavy atom. The molecule has 0 nitrogen and oxygen atoms in total. The van der Waals surface area contributed by atoms with Crippen molar-refractivity contribution in [3.05, 3.63) is 55.6 Å². The summed E-state index contributed by atoms with van der Waals surface area (Å²) in [5, 5.41) is 1.50.